The third kappa shape index (κ3) is 2.93. The lowest BCUT2D eigenvalue weighted by Gasteiger charge is -2.21. The maximum atomic E-state index is 4.59. The normalized spacial score (nSPS) is 19.9. The molecule has 102 valence electrons. The van der Waals surface area contributed by atoms with Crippen LogP contribution in [-0.2, 0) is 13.1 Å². The van der Waals surface area contributed by atoms with Gasteiger partial charge in [0.15, 0.2) is 0 Å². The fourth-order valence-corrected chi connectivity index (χ4v) is 2.89. The molecule has 1 N–H and O–H groups in total. The van der Waals surface area contributed by atoms with E-state index in [0.717, 1.165) is 19.6 Å². The van der Waals surface area contributed by atoms with Crippen molar-refractivity contribution < 1.29 is 0 Å². The molecule has 1 aliphatic heterocycles. The van der Waals surface area contributed by atoms with Crippen molar-refractivity contribution in [1.29, 1.82) is 0 Å². The number of rotatable bonds is 5. The molecule has 4 nitrogen and oxygen atoms in total. The third-order valence-corrected chi connectivity index (χ3v) is 3.95. The third-order valence-electron chi connectivity index (χ3n) is 3.95. The average molecular weight is 250 g/mol. The number of likely N-dealkylation sites (N-methyl/N-ethyl adjacent to an activating group) is 1. The molecule has 0 saturated carbocycles. The van der Waals surface area contributed by atoms with Crippen LogP contribution in [-0.4, -0.2) is 40.9 Å². The van der Waals surface area contributed by atoms with E-state index in [0.29, 0.717) is 6.04 Å². The van der Waals surface area contributed by atoms with E-state index in [9.17, 15) is 0 Å². The minimum absolute atomic E-state index is 0.678. The predicted molar refractivity (Wildman–Crippen MR) is 74.7 cm³/mol. The van der Waals surface area contributed by atoms with Gasteiger partial charge in [-0.05, 0) is 47.2 Å². The highest BCUT2D eigenvalue weighted by Gasteiger charge is 2.18. The summed E-state index contributed by atoms with van der Waals surface area (Å²) in [4.78, 5) is 2.42. The Hall–Kier alpha value is -0.870. The molecule has 1 saturated heterocycles. The first-order valence-electron chi connectivity index (χ1n) is 7.06. The quantitative estimate of drug-likeness (QED) is 0.863. The van der Waals surface area contributed by atoms with Gasteiger partial charge in [-0.15, -0.1) is 0 Å². The summed E-state index contributed by atoms with van der Waals surface area (Å²) in [5.74, 6) is 0. The van der Waals surface area contributed by atoms with Crippen molar-refractivity contribution >= 4 is 0 Å². The first-order valence-corrected chi connectivity index (χ1v) is 7.06. The van der Waals surface area contributed by atoms with E-state index in [1.807, 2.05) is 0 Å². The molecule has 0 aliphatic carbocycles. The molecule has 0 aromatic carbocycles. The number of hydrogen-bond acceptors (Lipinski definition) is 3. The van der Waals surface area contributed by atoms with Gasteiger partial charge in [-0.2, -0.15) is 5.10 Å². The molecule has 1 fully saturated rings. The number of nitrogens with zero attached hydrogens (tertiary/aromatic N) is 3. The van der Waals surface area contributed by atoms with Gasteiger partial charge in [-0.25, -0.2) is 0 Å². The van der Waals surface area contributed by atoms with Gasteiger partial charge in [0.05, 0.1) is 5.69 Å². The molecule has 2 rings (SSSR count). The lowest BCUT2D eigenvalue weighted by atomic mass is 10.1. The largest absolute Gasteiger partial charge is 0.313 e. The minimum atomic E-state index is 0.678. The molecule has 1 atom stereocenters. The summed E-state index contributed by atoms with van der Waals surface area (Å²) in [5.41, 5.74) is 3.90. The zero-order valence-corrected chi connectivity index (χ0v) is 12.2. The summed E-state index contributed by atoms with van der Waals surface area (Å²) < 4.78 is 2.10. The van der Waals surface area contributed by atoms with Crippen molar-refractivity contribution in [2.75, 3.05) is 20.1 Å². The van der Waals surface area contributed by atoms with Crippen molar-refractivity contribution in [2.24, 2.45) is 0 Å². The fourth-order valence-electron chi connectivity index (χ4n) is 2.89. The van der Waals surface area contributed by atoms with E-state index in [1.54, 1.807) is 0 Å². The van der Waals surface area contributed by atoms with Gasteiger partial charge in [0.1, 0.15) is 0 Å². The second kappa shape index (κ2) is 5.85. The van der Waals surface area contributed by atoms with E-state index in [4.69, 9.17) is 0 Å². The molecule has 0 radical (unpaired) electrons. The van der Waals surface area contributed by atoms with Crippen LogP contribution in [0.3, 0.4) is 0 Å². The van der Waals surface area contributed by atoms with Crippen molar-refractivity contribution in [1.82, 2.24) is 20.0 Å². The number of hydrogen-bond donors (Lipinski definition) is 1. The van der Waals surface area contributed by atoms with Crippen molar-refractivity contribution in [3.8, 4) is 0 Å². The Kier molecular flexibility index (Phi) is 4.40. The van der Waals surface area contributed by atoms with Crippen LogP contribution in [0.4, 0.5) is 0 Å². The Morgan fingerprint density at radius 2 is 2.22 bits per heavy atom. The summed E-state index contributed by atoms with van der Waals surface area (Å²) in [7, 11) is 2.21. The van der Waals surface area contributed by atoms with Crippen LogP contribution in [0.25, 0.3) is 0 Å². The second-order valence-electron chi connectivity index (χ2n) is 5.46. The minimum Gasteiger partial charge on any atom is -0.313 e. The summed E-state index contributed by atoms with van der Waals surface area (Å²) in [6.07, 6.45) is 2.64. The van der Waals surface area contributed by atoms with Crippen LogP contribution >= 0.6 is 0 Å². The van der Waals surface area contributed by atoms with E-state index in [2.05, 4.69) is 47.8 Å². The van der Waals surface area contributed by atoms with Crippen molar-refractivity contribution in [2.45, 2.75) is 52.7 Å². The molecule has 0 unspecified atom stereocenters. The Bertz CT molecular complexity index is 391. The topological polar surface area (TPSA) is 33.1 Å². The van der Waals surface area contributed by atoms with Gasteiger partial charge in [0, 0.05) is 36.9 Å². The van der Waals surface area contributed by atoms with Gasteiger partial charge >= 0.3 is 0 Å². The molecule has 0 spiro atoms. The molecule has 4 heteroatoms. The maximum absolute atomic E-state index is 4.59. The Morgan fingerprint density at radius 3 is 2.78 bits per heavy atom. The predicted octanol–water partition coefficient (Wildman–Crippen LogP) is 1.70. The summed E-state index contributed by atoms with van der Waals surface area (Å²) >= 11 is 0. The average Bonchev–Trinajstić information content (AvgIpc) is 2.92. The van der Waals surface area contributed by atoms with Gasteiger partial charge < -0.3 is 10.2 Å². The van der Waals surface area contributed by atoms with E-state index in [1.165, 1.54) is 36.3 Å². The Labute approximate surface area is 110 Å². The van der Waals surface area contributed by atoms with Crippen LogP contribution in [0.5, 0.6) is 0 Å². The molecule has 1 aliphatic rings. The number of aryl methyl sites for hydroxylation is 2. The standard InChI is InChI=1S/C14H26N4/c1-5-18-12(3)14(11(2)16-18)10-17(4)9-13-7-6-8-15-13/h13,15H,5-10H2,1-4H3/t13-/m1/s1. The summed E-state index contributed by atoms with van der Waals surface area (Å²) in [6.45, 7) is 10.7. The molecule has 1 aromatic rings. The van der Waals surface area contributed by atoms with Crippen LogP contribution in [0.2, 0.25) is 0 Å². The van der Waals surface area contributed by atoms with Crippen LogP contribution in [0.15, 0.2) is 0 Å². The van der Waals surface area contributed by atoms with Gasteiger partial charge in [0.2, 0.25) is 0 Å². The monoisotopic (exact) mass is 250 g/mol. The Morgan fingerprint density at radius 1 is 1.44 bits per heavy atom. The molecular formula is C14H26N4. The second-order valence-corrected chi connectivity index (χ2v) is 5.46. The van der Waals surface area contributed by atoms with Gasteiger partial charge in [-0.1, -0.05) is 0 Å². The molecule has 2 heterocycles. The van der Waals surface area contributed by atoms with Crippen LogP contribution < -0.4 is 5.32 Å². The van der Waals surface area contributed by atoms with E-state index >= 15 is 0 Å². The van der Waals surface area contributed by atoms with Crippen molar-refractivity contribution in [3.05, 3.63) is 17.0 Å². The molecule has 1 aromatic heterocycles. The van der Waals surface area contributed by atoms with Gasteiger partial charge in [-0.3, -0.25) is 4.68 Å². The highest BCUT2D eigenvalue weighted by Crippen LogP contribution is 2.16. The fraction of sp³-hybridized carbons (Fsp3) is 0.786. The highest BCUT2D eigenvalue weighted by atomic mass is 15.3. The molecular weight excluding hydrogens is 224 g/mol. The van der Waals surface area contributed by atoms with Crippen LogP contribution in [0, 0.1) is 13.8 Å². The summed E-state index contributed by atoms with van der Waals surface area (Å²) in [6, 6.07) is 0.678. The van der Waals surface area contributed by atoms with E-state index < -0.39 is 0 Å². The first kappa shape index (κ1) is 13.6. The smallest absolute Gasteiger partial charge is 0.0641 e. The SMILES string of the molecule is CCn1nc(C)c(CN(C)C[C@H]2CCCN2)c1C. The summed E-state index contributed by atoms with van der Waals surface area (Å²) in [5, 5.41) is 8.14. The highest BCUT2D eigenvalue weighted by molar-refractivity contribution is 5.24. The Balaban J connectivity index is 1.97. The van der Waals surface area contributed by atoms with Crippen LogP contribution in [0.1, 0.15) is 36.7 Å². The van der Waals surface area contributed by atoms with Crippen molar-refractivity contribution in [3.63, 3.8) is 0 Å². The first-order chi connectivity index (χ1) is 8.61. The van der Waals surface area contributed by atoms with Gasteiger partial charge in [0.25, 0.3) is 0 Å². The molecule has 18 heavy (non-hydrogen) atoms. The molecule has 0 bridgehead atoms. The van der Waals surface area contributed by atoms with E-state index in [-0.39, 0.29) is 0 Å². The zero-order valence-electron chi connectivity index (χ0n) is 12.2. The number of nitrogens with one attached hydrogen (secondary N) is 1. The lowest BCUT2D eigenvalue weighted by Crippen LogP contribution is -2.35. The number of aromatic nitrogens is 2. The zero-order chi connectivity index (χ0) is 13.1. The maximum Gasteiger partial charge on any atom is 0.0641 e. The molecule has 0 amide bonds. The lowest BCUT2D eigenvalue weighted by molar-refractivity contribution is 0.292.